The molecule has 0 atom stereocenters. The summed E-state index contributed by atoms with van der Waals surface area (Å²) in [6.45, 7) is 3.33. The number of carbonyl (C=O) groups is 2. The van der Waals surface area contributed by atoms with Gasteiger partial charge in [0.05, 0.1) is 4.90 Å². The van der Waals surface area contributed by atoms with Gasteiger partial charge in [-0.25, -0.2) is 8.42 Å². The fourth-order valence-electron chi connectivity index (χ4n) is 4.55. The van der Waals surface area contributed by atoms with Crippen LogP contribution in [0.5, 0.6) is 0 Å². The highest BCUT2D eigenvalue weighted by atomic mass is 32.2. The maximum absolute atomic E-state index is 13.1. The van der Waals surface area contributed by atoms with Crippen molar-refractivity contribution in [3.63, 3.8) is 0 Å². The second-order valence-corrected chi connectivity index (χ2v) is 10.7. The molecule has 2 amide bonds. The van der Waals surface area contributed by atoms with Gasteiger partial charge in [0.25, 0.3) is 0 Å². The normalized spacial score (nSPS) is 20.2. The van der Waals surface area contributed by atoms with E-state index in [2.05, 4.69) is 17.6 Å². The average Bonchev–Trinajstić information content (AvgIpc) is 2.80. The van der Waals surface area contributed by atoms with E-state index in [0.717, 1.165) is 32.1 Å². The lowest BCUT2D eigenvalue weighted by atomic mass is 9.80. The van der Waals surface area contributed by atoms with E-state index in [-0.39, 0.29) is 22.6 Å². The molecule has 2 N–H and O–H groups in total. The zero-order valence-electron chi connectivity index (χ0n) is 18.4. The van der Waals surface area contributed by atoms with Crippen molar-refractivity contribution in [1.82, 2.24) is 14.9 Å². The number of unbranched alkanes of at least 4 members (excludes halogenated alkanes) is 1. The summed E-state index contributed by atoms with van der Waals surface area (Å²) in [6, 6.07) is 8.40. The highest BCUT2D eigenvalue weighted by Gasteiger charge is 2.42. The first-order valence-corrected chi connectivity index (χ1v) is 13.0. The molecular weight excluding hydrogens is 414 g/mol. The van der Waals surface area contributed by atoms with Gasteiger partial charge in [0, 0.05) is 25.6 Å². The lowest BCUT2D eigenvalue weighted by Gasteiger charge is -2.38. The van der Waals surface area contributed by atoms with Crippen molar-refractivity contribution in [3.8, 4) is 0 Å². The summed E-state index contributed by atoms with van der Waals surface area (Å²) in [5.41, 5.74) is -0.823. The molecule has 2 fully saturated rings. The number of carbonyl (C=O) groups excluding carboxylic acids is 2. The van der Waals surface area contributed by atoms with Gasteiger partial charge in [0.1, 0.15) is 5.54 Å². The van der Waals surface area contributed by atoms with Gasteiger partial charge in [0.2, 0.25) is 21.8 Å². The molecule has 1 aliphatic carbocycles. The van der Waals surface area contributed by atoms with Gasteiger partial charge in [-0.3, -0.25) is 9.59 Å². The van der Waals surface area contributed by atoms with Crippen molar-refractivity contribution in [2.45, 2.75) is 75.1 Å². The summed E-state index contributed by atoms with van der Waals surface area (Å²) in [7, 11) is -3.54. The third-order valence-electron chi connectivity index (χ3n) is 6.53. The molecule has 7 nitrogen and oxygen atoms in total. The van der Waals surface area contributed by atoms with Gasteiger partial charge in [-0.1, -0.05) is 50.8 Å². The molecular formula is C23H35N3O4S. The van der Waals surface area contributed by atoms with Crippen molar-refractivity contribution in [1.29, 1.82) is 0 Å². The maximum Gasteiger partial charge on any atom is 0.245 e. The van der Waals surface area contributed by atoms with E-state index in [1.165, 1.54) is 4.31 Å². The highest BCUT2D eigenvalue weighted by molar-refractivity contribution is 7.89. The number of amides is 2. The first-order chi connectivity index (χ1) is 14.9. The smallest absolute Gasteiger partial charge is 0.245 e. The van der Waals surface area contributed by atoms with Crippen molar-refractivity contribution in [2.24, 2.45) is 5.92 Å². The van der Waals surface area contributed by atoms with Crippen LogP contribution < -0.4 is 10.6 Å². The molecule has 172 valence electrons. The Bertz CT molecular complexity index is 843. The number of piperidine rings is 1. The van der Waals surface area contributed by atoms with Crippen LogP contribution in [0.4, 0.5) is 0 Å². The number of benzene rings is 1. The van der Waals surface area contributed by atoms with Crippen molar-refractivity contribution in [2.75, 3.05) is 19.6 Å². The molecule has 31 heavy (non-hydrogen) atoms. The molecule has 0 bridgehead atoms. The van der Waals surface area contributed by atoms with Gasteiger partial charge in [-0.2, -0.15) is 4.31 Å². The second kappa shape index (κ2) is 10.6. The van der Waals surface area contributed by atoms with Gasteiger partial charge in [-0.05, 0) is 44.2 Å². The van der Waals surface area contributed by atoms with Crippen LogP contribution in [0, 0.1) is 5.92 Å². The van der Waals surface area contributed by atoms with Crippen LogP contribution >= 0.6 is 0 Å². The predicted octanol–water partition coefficient (Wildman–Crippen LogP) is 2.82. The van der Waals surface area contributed by atoms with E-state index in [9.17, 15) is 18.0 Å². The van der Waals surface area contributed by atoms with Crippen LogP contribution in [0.3, 0.4) is 0 Å². The van der Waals surface area contributed by atoms with Crippen LogP contribution in [0.1, 0.15) is 64.7 Å². The molecule has 0 radical (unpaired) electrons. The molecule has 1 aromatic rings. The van der Waals surface area contributed by atoms with E-state index in [4.69, 9.17) is 0 Å². The van der Waals surface area contributed by atoms with E-state index >= 15 is 0 Å². The SMILES string of the molecule is CCCCNC(=O)C1(NC(=O)C2CCN(S(=O)(=O)c3ccccc3)CC2)CCCCC1. The summed E-state index contributed by atoms with van der Waals surface area (Å²) >= 11 is 0. The van der Waals surface area contributed by atoms with Crippen LogP contribution in [0.2, 0.25) is 0 Å². The van der Waals surface area contributed by atoms with Gasteiger partial charge in [0.15, 0.2) is 0 Å². The molecule has 8 heteroatoms. The monoisotopic (exact) mass is 449 g/mol. The summed E-state index contributed by atoms with van der Waals surface area (Å²) in [5.74, 6) is -0.466. The van der Waals surface area contributed by atoms with E-state index in [0.29, 0.717) is 45.3 Å². The third-order valence-corrected chi connectivity index (χ3v) is 8.44. The number of sulfonamides is 1. The predicted molar refractivity (Wildman–Crippen MR) is 120 cm³/mol. The minimum absolute atomic E-state index is 0.0712. The van der Waals surface area contributed by atoms with Crippen molar-refractivity contribution >= 4 is 21.8 Å². The molecule has 1 aliphatic heterocycles. The topological polar surface area (TPSA) is 95.6 Å². The molecule has 0 unspecified atom stereocenters. The number of hydrogen-bond acceptors (Lipinski definition) is 4. The first-order valence-electron chi connectivity index (χ1n) is 11.5. The minimum atomic E-state index is -3.54. The van der Waals surface area contributed by atoms with Crippen molar-refractivity contribution in [3.05, 3.63) is 30.3 Å². The zero-order valence-corrected chi connectivity index (χ0v) is 19.3. The third kappa shape index (κ3) is 5.66. The van der Waals surface area contributed by atoms with Gasteiger partial charge < -0.3 is 10.6 Å². The molecule has 0 spiro atoms. The Labute approximate surface area is 186 Å². The summed E-state index contributed by atoms with van der Waals surface area (Å²) in [5, 5.41) is 6.10. The number of hydrogen-bond donors (Lipinski definition) is 2. The fourth-order valence-corrected chi connectivity index (χ4v) is 6.04. The van der Waals surface area contributed by atoms with Gasteiger partial charge in [-0.15, -0.1) is 0 Å². The Hall–Kier alpha value is -1.93. The standard InChI is InChI=1S/C23H35N3O4S/c1-2-3-16-24-22(28)23(14-8-5-9-15-23)25-21(27)19-12-17-26(18-13-19)31(29,30)20-10-6-4-7-11-20/h4,6-7,10-11,19H,2-3,5,8-9,12-18H2,1H3,(H,24,28)(H,25,27). The van der Waals surface area contributed by atoms with Crippen LogP contribution in [0.25, 0.3) is 0 Å². The molecule has 1 heterocycles. The maximum atomic E-state index is 13.1. The lowest BCUT2D eigenvalue weighted by molar-refractivity contribution is -0.137. The number of nitrogens with one attached hydrogen (secondary N) is 2. The Morgan fingerprint density at radius 3 is 2.32 bits per heavy atom. The van der Waals surface area contributed by atoms with E-state index < -0.39 is 15.6 Å². The van der Waals surface area contributed by atoms with Crippen LogP contribution in [-0.4, -0.2) is 49.7 Å². The molecule has 1 saturated carbocycles. The Kier molecular flexibility index (Phi) is 8.11. The quantitative estimate of drug-likeness (QED) is 0.597. The first kappa shape index (κ1) is 23.7. The zero-order chi connectivity index (χ0) is 22.3. The highest BCUT2D eigenvalue weighted by Crippen LogP contribution is 2.30. The molecule has 2 aliphatic rings. The Morgan fingerprint density at radius 2 is 1.71 bits per heavy atom. The largest absolute Gasteiger partial charge is 0.354 e. The summed E-state index contributed by atoms with van der Waals surface area (Å²) < 4.78 is 27.1. The second-order valence-electron chi connectivity index (χ2n) is 8.73. The molecule has 0 aromatic heterocycles. The molecule has 1 aromatic carbocycles. The van der Waals surface area contributed by atoms with Crippen LogP contribution in [-0.2, 0) is 19.6 Å². The van der Waals surface area contributed by atoms with E-state index in [1.54, 1.807) is 30.3 Å². The van der Waals surface area contributed by atoms with Crippen molar-refractivity contribution < 1.29 is 18.0 Å². The summed E-state index contributed by atoms with van der Waals surface area (Å²) in [4.78, 5) is 26.3. The summed E-state index contributed by atoms with van der Waals surface area (Å²) in [6.07, 6.45) is 7.11. The number of nitrogens with zero attached hydrogens (tertiary/aromatic N) is 1. The average molecular weight is 450 g/mol. The lowest BCUT2D eigenvalue weighted by Crippen LogP contribution is -2.61. The van der Waals surface area contributed by atoms with Crippen LogP contribution in [0.15, 0.2) is 35.2 Å². The van der Waals surface area contributed by atoms with Gasteiger partial charge >= 0.3 is 0 Å². The molecule has 3 rings (SSSR count). The Balaban J connectivity index is 1.60. The van der Waals surface area contributed by atoms with E-state index in [1.807, 2.05) is 0 Å². The number of rotatable bonds is 8. The Morgan fingerprint density at radius 1 is 1.06 bits per heavy atom. The minimum Gasteiger partial charge on any atom is -0.354 e. The molecule has 1 saturated heterocycles. The fraction of sp³-hybridized carbons (Fsp3) is 0.652.